The fourth-order valence-corrected chi connectivity index (χ4v) is 2.22. The Bertz CT molecular complexity index is 513. The first kappa shape index (κ1) is 12.1. The highest BCUT2D eigenvalue weighted by Crippen LogP contribution is 2.05. The van der Waals surface area contributed by atoms with Crippen molar-refractivity contribution < 1.29 is 0 Å². The Labute approximate surface area is 105 Å². The number of H-pyrrole nitrogens is 1. The van der Waals surface area contributed by atoms with Gasteiger partial charge in [-0.3, -0.25) is 4.79 Å². The molecule has 1 heterocycles. The van der Waals surface area contributed by atoms with Crippen LogP contribution < -0.4 is 10.2 Å². The molecule has 1 aromatic carbocycles. The molecule has 1 aromatic heterocycles. The summed E-state index contributed by atoms with van der Waals surface area (Å²) in [7, 11) is 0. The van der Waals surface area contributed by atoms with Crippen molar-refractivity contribution in [1.29, 1.82) is 0 Å². The van der Waals surface area contributed by atoms with E-state index in [9.17, 15) is 4.79 Å². The van der Waals surface area contributed by atoms with Gasteiger partial charge in [0.25, 0.3) is 0 Å². The number of aromatic nitrogens is 1. The molecule has 0 radical (unpaired) electrons. The van der Waals surface area contributed by atoms with E-state index in [1.54, 1.807) is 0 Å². The van der Waals surface area contributed by atoms with Crippen molar-refractivity contribution >= 4 is 11.3 Å². The fraction of sp³-hybridized carbons (Fsp3) is 0.308. The summed E-state index contributed by atoms with van der Waals surface area (Å²) in [5.41, 5.74) is 3.57. The van der Waals surface area contributed by atoms with E-state index in [-0.39, 0.29) is 4.87 Å². The molecule has 2 rings (SSSR count). The summed E-state index contributed by atoms with van der Waals surface area (Å²) in [5, 5.41) is 5.16. The van der Waals surface area contributed by atoms with Crippen LogP contribution in [0, 0.1) is 0 Å². The molecule has 0 atom stereocenters. The van der Waals surface area contributed by atoms with Crippen LogP contribution in [0.15, 0.2) is 34.4 Å². The van der Waals surface area contributed by atoms with E-state index < -0.39 is 0 Å². The standard InChI is InChI=1S/C13H16N2OS/c1-2-10-3-5-11(6-4-10)7-14-8-12-9-17-13(16)15-12/h3-6,9,14H,2,7-8H2,1H3,(H,15,16). The predicted octanol–water partition coefficient (Wildman–Crippen LogP) is 2.29. The fourth-order valence-electron chi connectivity index (χ4n) is 1.63. The Morgan fingerprint density at radius 3 is 2.47 bits per heavy atom. The molecule has 0 bridgehead atoms. The maximum Gasteiger partial charge on any atom is 0.304 e. The Morgan fingerprint density at radius 2 is 1.88 bits per heavy atom. The lowest BCUT2D eigenvalue weighted by Gasteiger charge is -2.04. The van der Waals surface area contributed by atoms with Gasteiger partial charge in [0, 0.05) is 24.2 Å². The first-order valence-electron chi connectivity index (χ1n) is 5.73. The van der Waals surface area contributed by atoms with Gasteiger partial charge in [-0.25, -0.2) is 0 Å². The third kappa shape index (κ3) is 3.54. The molecule has 0 amide bonds. The lowest BCUT2D eigenvalue weighted by Crippen LogP contribution is -2.13. The molecule has 0 saturated heterocycles. The van der Waals surface area contributed by atoms with Crippen LogP contribution in [0.2, 0.25) is 0 Å². The molecule has 4 heteroatoms. The Morgan fingerprint density at radius 1 is 1.18 bits per heavy atom. The first-order chi connectivity index (χ1) is 8.28. The average molecular weight is 248 g/mol. The second kappa shape index (κ2) is 5.80. The van der Waals surface area contributed by atoms with Crippen LogP contribution >= 0.6 is 11.3 Å². The van der Waals surface area contributed by atoms with E-state index in [1.165, 1.54) is 22.5 Å². The van der Waals surface area contributed by atoms with E-state index in [0.29, 0.717) is 6.54 Å². The quantitative estimate of drug-likeness (QED) is 0.852. The van der Waals surface area contributed by atoms with Gasteiger partial charge in [-0.1, -0.05) is 42.5 Å². The van der Waals surface area contributed by atoms with Gasteiger partial charge in [-0.2, -0.15) is 0 Å². The second-order valence-electron chi connectivity index (χ2n) is 3.95. The first-order valence-corrected chi connectivity index (χ1v) is 6.61. The Hall–Kier alpha value is -1.39. The molecule has 0 fully saturated rings. The van der Waals surface area contributed by atoms with Crippen molar-refractivity contribution in [2.24, 2.45) is 0 Å². The molecule has 0 unspecified atom stereocenters. The smallest absolute Gasteiger partial charge is 0.304 e. The summed E-state index contributed by atoms with van der Waals surface area (Å²) in [6.45, 7) is 3.68. The van der Waals surface area contributed by atoms with Crippen LogP contribution in [0.5, 0.6) is 0 Å². The zero-order chi connectivity index (χ0) is 12.1. The largest absolute Gasteiger partial charge is 0.315 e. The van der Waals surface area contributed by atoms with Gasteiger partial charge in [0.15, 0.2) is 0 Å². The van der Waals surface area contributed by atoms with Gasteiger partial charge >= 0.3 is 4.87 Å². The number of nitrogens with one attached hydrogen (secondary N) is 2. The number of aryl methyl sites for hydroxylation is 1. The number of hydrogen-bond donors (Lipinski definition) is 2. The Balaban J connectivity index is 1.83. The van der Waals surface area contributed by atoms with Crippen molar-refractivity contribution in [3.8, 4) is 0 Å². The van der Waals surface area contributed by atoms with E-state index in [2.05, 4.69) is 41.5 Å². The van der Waals surface area contributed by atoms with Crippen LogP contribution in [-0.4, -0.2) is 4.98 Å². The summed E-state index contributed by atoms with van der Waals surface area (Å²) in [6, 6.07) is 8.59. The summed E-state index contributed by atoms with van der Waals surface area (Å²) in [5.74, 6) is 0. The molecule has 0 aliphatic heterocycles. The predicted molar refractivity (Wildman–Crippen MR) is 71.3 cm³/mol. The molecule has 0 aliphatic rings. The van der Waals surface area contributed by atoms with Gasteiger partial charge in [0.05, 0.1) is 0 Å². The van der Waals surface area contributed by atoms with E-state index >= 15 is 0 Å². The molecule has 0 saturated carbocycles. The number of rotatable bonds is 5. The highest BCUT2D eigenvalue weighted by molar-refractivity contribution is 7.07. The molecular weight excluding hydrogens is 232 g/mol. The zero-order valence-electron chi connectivity index (χ0n) is 9.82. The van der Waals surface area contributed by atoms with Gasteiger partial charge in [-0.15, -0.1) is 0 Å². The number of aromatic amines is 1. The van der Waals surface area contributed by atoms with E-state index in [4.69, 9.17) is 0 Å². The van der Waals surface area contributed by atoms with Crippen LogP contribution in [0.3, 0.4) is 0 Å². The number of thiazole rings is 1. The molecule has 2 aromatic rings. The minimum Gasteiger partial charge on any atom is -0.315 e. The van der Waals surface area contributed by atoms with Gasteiger partial charge < -0.3 is 10.3 Å². The second-order valence-corrected chi connectivity index (χ2v) is 4.79. The third-order valence-electron chi connectivity index (χ3n) is 2.65. The third-order valence-corrected chi connectivity index (χ3v) is 3.37. The van der Waals surface area contributed by atoms with Crippen LogP contribution in [0.25, 0.3) is 0 Å². The van der Waals surface area contributed by atoms with Crippen molar-refractivity contribution in [2.45, 2.75) is 26.4 Å². The molecule has 17 heavy (non-hydrogen) atoms. The summed E-state index contributed by atoms with van der Waals surface area (Å²) >= 11 is 1.20. The molecule has 0 aliphatic carbocycles. The highest BCUT2D eigenvalue weighted by Gasteiger charge is 1.97. The number of benzene rings is 1. The summed E-state index contributed by atoms with van der Waals surface area (Å²) in [6.07, 6.45) is 1.07. The van der Waals surface area contributed by atoms with Crippen molar-refractivity contribution in [2.75, 3.05) is 0 Å². The normalized spacial score (nSPS) is 10.6. The minimum atomic E-state index is 0.00842. The van der Waals surface area contributed by atoms with Gasteiger partial charge in [0.2, 0.25) is 0 Å². The zero-order valence-corrected chi connectivity index (χ0v) is 10.6. The molecule has 2 N–H and O–H groups in total. The topological polar surface area (TPSA) is 44.9 Å². The van der Waals surface area contributed by atoms with Crippen molar-refractivity contribution in [1.82, 2.24) is 10.3 Å². The van der Waals surface area contributed by atoms with Crippen LogP contribution in [0.1, 0.15) is 23.7 Å². The summed E-state index contributed by atoms with van der Waals surface area (Å²) < 4.78 is 0. The molecular formula is C13H16N2OS. The van der Waals surface area contributed by atoms with E-state index in [1.807, 2.05) is 5.38 Å². The van der Waals surface area contributed by atoms with Gasteiger partial charge in [0.1, 0.15) is 0 Å². The lowest BCUT2D eigenvalue weighted by molar-refractivity contribution is 0.681. The van der Waals surface area contributed by atoms with Crippen LogP contribution in [-0.2, 0) is 19.5 Å². The maximum absolute atomic E-state index is 10.9. The molecule has 90 valence electrons. The van der Waals surface area contributed by atoms with Crippen LogP contribution in [0.4, 0.5) is 0 Å². The SMILES string of the molecule is CCc1ccc(CNCc2csc(=O)[nH]2)cc1. The minimum absolute atomic E-state index is 0.00842. The number of hydrogen-bond acceptors (Lipinski definition) is 3. The lowest BCUT2D eigenvalue weighted by atomic mass is 10.1. The summed E-state index contributed by atoms with van der Waals surface area (Å²) in [4.78, 5) is 13.7. The molecule has 3 nitrogen and oxygen atoms in total. The monoisotopic (exact) mass is 248 g/mol. The van der Waals surface area contributed by atoms with Crippen molar-refractivity contribution in [3.63, 3.8) is 0 Å². The highest BCUT2D eigenvalue weighted by atomic mass is 32.1. The maximum atomic E-state index is 10.9. The Kier molecular flexibility index (Phi) is 4.12. The average Bonchev–Trinajstić information content (AvgIpc) is 2.76. The van der Waals surface area contributed by atoms with Crippen molar-refractivity contribution in [3.05, 3.63) is 56.1 Å². The van der Waals surface area contributed by atoms with Gasteiger partial charge in [-0.05, 0) is 17.5 Å². The van der Waals surface area contributed by atoms with E-state index in [0.717, 1.165) is 18.7 Å². The molecule has 0 spiro atoms.